The Balaban J connectivity index is 1.98. The zero-order valence-corrected chi connectivity index (χ0v) is 12.0. The minimum absolute atomic E-state index is 0.126. The molecule has 8 heteroatoms. The number of amides is 2. The van der Waals surface area contributed by atoms with E-state index in [0.29, 0.717) is 11.2 Å². The first-order valence-electron chi connectivity index (χ1n) is 6.00. The summed E-state index contributed by atoms with van der Waals surface area (Å²) in [5, 5.41) is 5.30. The number of rotatable bonds is 5. The van der Waals surface area contributed by atoms with Crippen molar-refractivity contribution in [2.45, 2.75) is 0 Å². The fourth-order valence-corrected chi connectivity index (χ4v) is 2.27. The van der Waals surface area contributed by atoms with Crippen LogP contribution in [-0.2, 0) is 9.59 Å². The molecule has 1 aromatic heterocycles. The summed E-state index contributed by atoms with van der Waals surface area (Å²) in [7, 11) is 3.27. The van der Waals surface area contributed by atoms with Gasteiger partial charge >= 0.3 is 0 Å². The van der Waals surface area contributed by atoms with Crippen LogP contribution >= 0.6 is 11.7 Å². The summed E-state index contributed by atoms with van der Waals surface area (Å²) < 4.78 is 8.26. The number of benzene rings is 1. The lowest BCUT2D eigenvalue weighted by atomic mass is 10.2. The molecule has 2 aromatic rings. The number of likely N-dealkylation sites (N-methyl/N-ethyl adjacent to an activating group) is 2. The topological polar surface area (TPSA) is 87.2 Å². The maximum absolute atomic E-state index is 11.9. The molecule has 0 aliphatic heterocycles. The lowest BCUT2D eigenvalue weighted by Crippen LogP contribution is -2.37. The molecule has 1 heterocycles. The average molecular weight is 293 g/mol. The molecule has 7 nitrogen and oxygen atoms in total. The quantitative estimate of drug-likeness (QED) is 0.828. The highest BCUT2D eigenvalue weighted by molar-refractivity contribution is 7.00. The average Bonchev–Trinajstić information content (AvgIpc) is 2.87. The van der Waals surface area contributed by atoms with Crippen LogP contribution < -0.4 is 10.6 Å². The highest BCUT2D eigenvalue weighted by Crippen LogP contribution is 2.20. The Morgan fingerprint density at radius 3 is 2.75 bits per heavy atom. The van der Waals surface area contributed by atoms with E-state index in [1.54, 1.807) is 25.1 Å². The number of hydrogen-bond donors (Lipinski definition) is 2. The molecule has 0 aliphatic carbocycles. The monoisotopic (exact) mass is 293 g/mol. The van der Waals surface area contributed by atoms with Gasteiger partial charge in [0.05, 0.1) is 30.5 Å². The van der Waals surface area contributed by atoms with E-state index < -0.39 is 0 Å². The fraction of sp³-hybridized carbons (Fsp3) is 0.333. The van der Waals surface area contributed by atoms with Crippen LogP contribution in [0.1, 0.15) is 0 Å². The van der Waals surface area contributed by atoms with Crippen LogP contribution in [0.5, 0.6) is 0 Å². The first-order valence-corrected chi connectivity index (χ1v) is 6.73. The molecule has 2 N–H and O–H groups in total. The van der Waals surface area contributed by atoms with E-state index >= 15 is 0 Å². The van der Waals surface area contributed by atoms with Gasteiger partial charge in [-0.2, -0.15) is 8.75 Å². The van der Waals surface area contributed by atoms with Crippen LogP contribution in [0.3, 0.4) is 0 Å². The van der Waals surface area contributed by atoms with E-state index in [9.17, 15) is 9.59 Å². The Morgan fingerprint density at radius 1 is 1.25 bits per heavy atom. The second-order valence-electron chi connectivity index (χ2n) is 4.33. The van der Waals surface area contributed by atoms with Gasteiger partial charge in [0.2, 0.25) is 11.8 Å². The summed E-state index contributed by atoms with van der Waals surface area (Å²) >= 11 is 1.10. The first-order chi connectivity index (χ1) is 9.60. The lowest BCUT2D eigenvalue weighted by Gasteiger charge is -2.15. The smallest absolute Gasteiger partial charge is 0.238 e. The second kappa shape index (κ2) is 6.40. The number of carbonyl (C=O) groups excluding carboxylic acids is 2. The van der Waals surface area contributed by atoms with Gasteiger partial charge in [-0.3, -0.25) is 14.5 Å². The highest BCUT2D eigenvalue weighted by Gasteiger charge is 2.12. The zero-order chi connectivity index (χ0) is 14.5. The fourth-order valence-electron chi connectivity index (χ4n) is 1.72. The van der Waals surface area contributed by atoms with Gasteiger partial charge in [0, 0.05) is 7.05 Å². The van der Waals surface area contributed by atoms with E-state index in [-0.39, 0.29) is 24.9 Å². The van der Waals surface area contributed by atoms with Crippen molar-refractivity contribution >= 4 is 40.3 Å². The van der Waals surface area contributed by atoms with Gasteiger partial charge in [-0.25, -0.2) is 0 Å². The van der Waals surface area contributed by atoms with Crippen molar-refractivity contribution in [2.24, 2.45) is 0 Å². The maximum atomic E-state index is 11.9. The molecule has 1 aromatic carbocycles. The van der Waals surface area contributed by atoms with Crippen molar-refractivity contribution in [3.05, 3.63) is 18.2 Å². The van der Waals surface area contributed by atoms with Crippen molar-refractivity contribution in [1.82, 2.24) is 19.0 Å². The van der Waals surface area contributed by atoms with Crippen molar-refractivity contribution in [2.75, 3.05) is 32.5 Å². The largest absolute Gasteiger partial charge is 0.358 e. The Hall–Kier alpha value is -2.06. The van der Waals surface area contributed by atoms with Crippen molar-refractivity contribution < 1.29 is 9.59 Å². The van der Waals surface area contributed by atoms with Crippen molar-refractivity contribution in [3.63, 3.8) is 0 Å². The Morgan fingerprint density at radius 2 is 2.00 bits per heavy atom. The Bertz CT molecular complexity index is 627. The molecular formula is C12H15N5O2S. The van der Waals surface area contributed by atoms with E-state index in [1.807, 2.05) is 12.1 Å². The molecule has 0 radical (unpaired) electrons. The molecule has 0 unspecified atom stereocenters. The first kappa shape index (κ1) is 14.4. The van der Waals surface area contributed by atoms with Gasteiger partial charge in [0.1, 0.15) is 11.0 Å². The van der Waals surface area contributed by atoms with Gasteiger partial charge in [0.25, 0.3) is 0 Å². The van der Waals surface area contributed by atoms with Gasteiger partial charge < -0.3 is 10.6 Å². The third-order valence-electron chi connectivity index (χ3n) is 2.67. The highest BCUT2D eigenvalue weighted by atomic mass is 32.1. The minimum atomic E-state index is -0.197. The van der Waals surface area contributed by atoms with Gasteiger partial charge in [-0.1, -0.05) is 6.07 Å². The summed E-state index contributed by atoms with van der Waals surface area (Å²) in [6, 6.07) is 5.43. The number of anilines is 1. The van der Waals surface area contributed by atoms with E-state index in [4.69, 9.17) is 0 Å². The second-order valence-corrected chi connectivity index (χ2v) is 4.86. The number of fused-ring (bicyclic) bond motifs is 1. The molecule has 0 bridgehead atoms. The summed E-state index contributed by atoms with van der Waals surface area (Å²) in [5.41, 5.74) is 2.07. The number of hydrogen-bond acceptors (Lipinski definition) is 6. The van der Waals surface area contributed by atoms with Crippen LogP contribution in [0.15, 0.2) is 18.2 Å². The van der Waals surface area contributed by atoms with Crippen LogP contribution in [0, 0.1) is 0 Å². The van der Waals surface area contributed by atoms with Crippen molar-refractivity contribution in [3.8, 4) is 0 Å². The predicted octanol–water partition coefficient (Wildman–Crippen LogP) is 0.308. The standard InChI is InChI=1S/C12H15N5O2S/c1-13-10(18)6-17(2)7-11(19)14-8-4-3-5-9-12(8)16-20-15-9/h3-5H,6-7H2,1-2H3,(H,13,18)(H,14,19). The summed E-state index contributed by atoms with van der Waals surface area (Å²) in [4.78, 5) is 24.8. The molecule has 0 fully saturated rings. The molecule has 0 aliphatic rings. The minimum Gasteiger partial charge on any atom is -0.358 e. The molecule has 0 spiro atoms. The molecule has 20 heavy (non-hydrogen) atoms. The zero-order valence-electron chi connectivity index (χ0n) is 11.2. The van der Waals surface area contributed by atoms with E-state index in [0.717, 1.165) is 17.2 Å². The summed E-state index contributed by atoms with van der Waals surface area (Å²) in [5.74, 6) is -0.331. The van der Waals surface area contributed by atoms with Crippen LogP contribution in [-0.4, -0.2) is 52.6 Å². The van der Waals surface area contributed by atoms with E-state index in [2.05, 4.69) is 19.4 Å². The molecule has 2 rings (SSSR count). The number of aromatic nitrogens is 2. The predicted molar refractivity (Wildman–Crippen MR) is 77.6 cm³/mol. The molecule has 0 atom stereocenters. The Labute approximate surface area is 120 Å². The SMILES string of the molecule is CNC(=O)CN(C)CC(=O)Nc1cccc2nsnc12. The molecular weight excluding hydrogens is 278 g/mol. The number of nitrogens with one attached hydrogen (secondary N) is 2. The summed E-state index contributed by atoms with van der Waals surface area (Å²) in [6.45, 7) is 0.299. The summed E-state index contributed by atoms with van der Waals surface area (Å²) in [6.07, 6.45) is 0. The lowest BCUT2D eigenvalue weighted by molar-refractivity contribution is -0.122. The van der Waals surface area contributed by atoms with Gasteiger partial charge in [0.15, 0.2) is 0 Å². The molecule has 0 saturated carbocycles. The van der Waals surface area contributed by atoms with Crippen molar-refractivity contribution in [1.29, 1.82) is 0 Å². The molecule has 2 amide bonds. The third-order valence-corrected chi connectivity index (χ3v) is 3.21. The Kier molecular flexibility index (Phi) is 4.59. The third kappa shape index (κ3) is 3.49. The molecule has 106 valence electrons. The number of carbonyl (C=O) groups is 2. The van der Waals surface area contributed by atoms with Gasteiger partial charge in [-0.15, -0.1) is 0 Å². The van der Waals surface area contributed by atoms with Crippen LogP contribution in [0.2, 0.25) is 0 Å². The normalized spacial score (nSPS) is 10.8. The van der Waals surface area contributed by atoms with Crippen LogP contribution in [0.4, 0.5) is 5.69 Å². The van der Waals surface area contributed by atoms with Gasteiger partial charge in [-0.05, 0) is 19.2 Å². The van der Waals surface area contributed by atoms with E-state index in [1.165, 1.54) is 0 Å². The van der Waals surface area contributed by atoms with Crippen LogP contribution in [0.25, 0.3) is 11.0 Å². The number of nitrogens with zero attached hydrogens (tertiary/aromatic N) is 3. The maximum Gasteiger partial charge on any atom is 0.238 e. The molecule has 0 saturated heterocycles.